The number of nitrogens with two attached hydrogens (primary N) is 1. The lowest BCUT2D eigenvalue weighted by atomic mass is 10.1. The first-order valence-electron chi connectivity index (χ1n) is 8.05. The van der Waals surface area contributed by atoms with Crippen LogP contribution in [0.4, 0.5) is 0 Å². The predicted molar refractivity (Wildman–Crippen MR) is 99.0 cm³/mol. The van der Waals surface area contributed by atoms with Crippen molar-refractivity contribution < 1.29 is 9.53 Å². The molecule has 2 rings (SSSR count). The lowest BCUT2D eigenvalue weighted by molar-refractivity contribution is -0.127. The minimum atomic E-state index is -0.0960. The highest BCUT2D eigenvalue weighted by Crippen LogP contribution is 2.20. The zero-order chi connectivity index (χ0) is 19.1. The number of hydrogen-bond donors (Lipinski definition) is 1. The minimum absolute atomic E-state index is 0.0960. The summed E-state index contributed by atoms with van der Waals surface area (Å²) < 4.78 is 7.09. The third-order valence-corrected chi connectivity index (χ3v) is 4.66. The van der Waals surface area contributed by atoms with Crippen LogP contribution < -0.4 is 10.6 Å². The molecule has 0 saturated carbocycles. The lowest BCUT2D eigenvalue weighted by Crippen LogP contribution is -2.29. The van der Waals surface area contributed by atoms with E-state index in [-0.39, 0.29) is 18.3 Å². The van der Waals surface area contributed by atoms with Crippen molar-refractivity contribution in [2.75, 3.05) is 25.2 Å². The minimum Gasteiger partial charge on any atom is -0.485 e. The molecule has 0 radical (unpaired) electrons. The van der Waals surface area contributed by atoms with E-state index < -0.39 is 0 Å². The first-order chi connectivity index (χ1) is 12.4. The molecular weight excluding hydrogens is 352 g/mol. The molecular formula is C17H22N6O2S. The second-order valence-electron chi connectivity index (χ2n) is 5.84. The van der Waals surface area contributed by atoms with Crippen LogP contribution in [0, 0.1) is 25.2 Å². The normalized spacial score (nSPS) is 10.4. The molecule has 0 aliphatic heterocycles. The van der Waals surface area contributed by atoms with E-state index in [2.05, 4.69) is 10.2 Å². The number of ether oxygens (including phenoxy) is 1. The summed E-state index contributed by atoms with van der Waals surface area (Å²) in [6.07, 6.45) is 0.305. The summed E-state index contributed by atoms with van der Waals surface area (Å²) >= 11 is 1.20. The Morgan fingerprint density at radius 3 is 2.88 bits per heavy atom. The van der Waals surface area contributed by atoms with E-state index in [0.717, 1.165) is 11.3 Å². The summed E-state index contributed by atoms with van der Waals surface area (Å²) in [4.78, 5) is 13.5. The molecule has 2 N–H and O–H groups in total. The average Bonchev–Trinajstić information content (AvgIpc) is 2.96. The number of rotatable bonds is 8. The number of thioether (sulfide) groups is 1. The molecule has 0 atom stereocenters. The van der Waals surface area contributed by atoms with Crippen LogP contribution >= 0.6 is 11.8 Å². The van der Waals surface area contributed by atoms with E-state index in [0.29, 0.717) is 23.9 Å². The topological polar surface area (TPSA) is 110 Å². The third kappa shape index (κ3) is 5.13. The van der Waals surface area contributed by atoms with Crippen LogP contribution in [0.3, 0.4) is 0 Å². The van der Waals surface area contributed by atoms with Gasteiger partial charge < -0.3 is 15.5 Å². The molecule has 0 bridgehead atoms. The zero-order valence-corrected chi connectivity index (χ0v) is 15.9. The summed E-state index contributed by atoms with van der Waals surface area (Å²) in [7, 11) is 1.66. The van der Waals surface area contributed by atoms with Crippen molar-refractivity contribution in [3.05, 3.63) is 35.2 Å². The van der Waals surface area contributed by atoms with Crippen LogP contribution in [0.5, 0.6) is 5.75 Å². The highest BCUT2D eigenvalue weighted by molar-refractivity contribution is 7.99. The van der Waals surface area contributed by atoms with Gasteiger partial charge in [-0.2, -0.15) is 5.26 Å². The fraction of sp³-hybridized carbons (Fsp3) is 0.412. The van der Waals surface area contributed by atoms with Gasteiger partial charge in [0.2, 0.25) is 11.1 Å². The molecule has 0 unspecified atom stereocenters. The molecule has 1 aromatic carbocycles. The van der Waals surface area contributed by atoms with Gasteiger partial charge in [-0.15, -0.1) is 10.2 Å². The number of aromatic nitrogens is 3. The van der Waals surface area contributed by atoms with Crippen LogP contribution in [0.2, 0.25) is 0 Å². The Kier molecular flexibility index (Phi) is 6.86. The molecule has 1 amide bonds. The number of amides is 1. The summed E-state index contributed by atoms with van der Waals surface area (Å²) in [6, 6.07) is 7.94. The maximum atomic E-state index is 12.0. The highest BCUT2D eigenvalue weighted by atomic mass is 32.2. The Labute approximate surface area is 156 Å². The van der Waals surface area contributed by atoms with Gasteiger partial charge in [0.1, 0.15) is 12.4 Å². The Bertz CT molecular complexity index is 814. The standard InChI is InChI=1S/C17H22N6O2S/c1-12-5-6-14(13(2)9-12)25-10-15-20-21-17(23(15)19)26-11-16(24)22(3)8-4-7-18/h5-6,9H,4,8,10-11,19H2,1-3H3. The summed E-state index contributed by atoms with van der Waals surface area (Å²) in [6.45, 7) is 4.59. The van der Waals surface area contributed by atoms with Crippen LogP contribution in [-0.4, -0.2) is 45.0 Å². The number of benzene rings is 1. The summed E-state index contributed by atoms with van der Waals surface area (Å²) in [5, 5.41) is 17.0. The molecule has 0 saturated heterocycles. The number of aryl methyl sites for hydroxylation is 2. The Morgan fingerprint density at radius 1 is 1.42 bits per heavy atom. The van der Waals surface area contributed by atoms with Crippen molar-refractivity contribution in [2.24, 2.45) is 0 Å². The maximum absolute atomic E-state index is 12.0. The number of hydrogen-bond acceptors (Lipinski definition) is 7. The average molecular weight is 374 g/mol. The van der Waals surface area contributed by atoms with Crippen molar-refractivity contribution in [1.29, 1.82) is 5.26 Å². The molecule has 0 aliphatic rings. The molecule has 1 heterocycles. The summed E-state index contributed by atoms with van der Waals surface area (Å²) in [5.74, 6) is 7.31. The van der Waals surface area contributed by atoms with E-state index in [1.165, 1.54) is 26.9 Å². The Morgan fingerprint density at radius 2 is 2.19 bits per heavy atom. The largest absolute Gasteiger partial charge is 0.485 e. The van der Waals surface area contributed by atoms with Gasteiger partial charge in [0.15, 0.2) is 5.82 Å². The predicted octanol–water partition coefficient (Wildman–Crippen LogP) is 1.65. The lowest BCUT2D eigenvalue weighted by Gasteiger charge is -2.14. The van der Waals surface area contributed by atoms with Crippen LogP contribution in [0.1, 0.15) is 23.4 Å². The number of nitrogen functional groups attached to an aromatic ring is 1. The van der Waals surface area contributed by atoms with Crippen molar-refractivity contribution in [1.82, 2.24) is 19.8 Å². The van der Waals surface area contributed by atoms with Crippen LogP contribution in [0.15, 0.2) is 23.4 Å². The van der Waals surface area contributed by atoms with Gasteiger partial charge in [-0.1, -0.05) is 29.5 Å². The molecule has 2 aromatic rings. The van der Waals surface area contributed by atoms with E-state index >= 15 is 0 Å². The maximum Gasteiger partial charge on any atom is 0.232 e. The molecule has 0 spiro atoms. The van der Waals surface area contributed by atoms with Crippen molar-refractivity contribution in [2.45, 2.75) is 32.0 Å². The quantitative estimate of drug-likeness (QED) is 0.552. The van der Waals surface area contributed by atoms with Gasteiger partial charge in [-0.05, 0) is 25.5 Å². The summed E-state index contributed by atoms with van der Waals surface area (Å²) in [5.41, 5.74) is 2.20. The van der Waals surface area contributed by atoms with Gasteiger partial charge in [-0.3, -0.25) is 4.79 Å². The first-order valence-corrected chi connectivity index (χ1v) is 9.04. The smallest absolute Gasteiger partial charge is 0.232 e. The van der Waals surface area contributed by atoms with E-state index in [9.17, 15) is 4.79 Å². The van der Waals surface area contributed by atoms with Crippen molar-refractivity contribution in [3.8, 4) is 11.8 Å². The molecule has 0 fully saturated rings. The molecule has 0 aliphatic carbocycles. The SMILES string of the molecule is Cc1ccc(OCc2nnc(SCC(=O)N(C)CCC#N)n2N)c(C)c1. The third-order valence-electron chi connectivity index (χ3n) is 3.73. The van der Waals surface area contributed by atoms with Gasteiger partial charge >= 0.3 is 0 Å². The molecule has 1 aromatic heterocycles. The highest BCUT2D eigenvalue weighted by Gasteiger charge is 2.15. The zero-order valence-electron chi connectivity index (χ0n) is 15.1. The fourth-order valence-corrected chi connectivity index (χ4v) is 3.00. The van der Waals surface area contributed by atoms with E-state index in [1.54, 1.807) is 7.05 Å². The van der Waals surface area contributed by atoms with Gasteiger partial charge in [0.05, 0.1) is 18.2 Å². The van der Waals surface area contributed by atoms with Crippen LogP contribution in [0.25, 0.3) is 0 Å². The number of nitrogens with zero attached hydrogens (tertiary/aromatic N) is 5. The van der Waals surface area contributed by atoms with Gasteiger partial charge in [0, 0.05) is 13.6 Å². The van der Waals surface area contributed by atoms with Gasteiger partial charge in [-0.25, -0.2) is 4.68 Å². The molecule has 138 valence electrons. The Hall–Kier alpha value is -2.73. The van der Waals surface area contributed by atoms with Crippen LogP contribution in [-0.2, 0) is 11.4 Å². The van der Waals surface area contributed by atoms with Crippen molar-refractivity contribution in [3.63, 3.8) is 0 Å². The van der Waals surface area contributed by atoms with Crippen molar-refractivity contribution >= 4 is 17.7 Å². The second-order valence-corrected chi connectivity index (χ2v) is 6.78. The molecule has 9 heteroatoms. The van der Waals surface area contributed by atoms with E-state index in [1.807, 2.05) is 38.1 Å². The first kappa shape index (κ1) is 19.6. The second kappa shape index (κ2) is 9.10. The number of carbonyl (C=O) groups is 1. The molecule has 26 heavy (non-hydrogen) atoms. The molecule has 8 nitrogen and oxygen atoms in total. The fourth-order valence-electron chi connectivity index (χ4n) is 2.19. The number of carbonyl (C=O) groups excluding carboxylic acids is 1. The van der Waals surface area contributed by atoms with Gasteiger partial charge in [0.25, 0.3) is 0 Å². The number of nitriles is 1. The Balaban J connectivity index is 1.91. The van der Waals surface area contributed by atoms with E-state index in [4.69, 9.17) is 15.8 Å². The monoisotopic (exact) mass is 374 g/mol.